The first-order valence-electron chi connectivity index (χ1n) is 7.23. The third-order valence-corrected chi connectivity index (χ3v) is 4.57. The van der Waals surface area contributed by atoms with E-state index in [1.807, 2.05) is 25.1 Å². The van der Waals surface area contributed by atoms with Crippen LogP contribution in [0.5, 0.6) is 0 Å². The molecule has 24 heavy (non-hydrogen) atoms. The van der Waals surface area contributed by atoms with E-state index in [1.165, 1.54) is 29.1 Å². The van der Waals surface area contributed by atoms with Crippen LogP contribution in [0, 0.1) is 24.0 Å². The fraction of sp³-hybridized carbons (Fsp3) is 0.267. The van der Waals surface area contributed by atoms with E-state index in [2.05, 4.69) is 15.4 Å². The van der Waals surface area contributed by atoms with Gasteiger partial charge in [-0.2, -0.15) is 5.10 Å². The quantitative estimate of drug-likeness (QED) is 0.577. The highest BCUT2D eigenvalue weighted by atomic mass is 32.1. The van der Waals surface area contributed by atoms with E-state index >= 15 is 0 Å². The van der Waals surface area contributed by atoms with E-state index in [4.69, 9.17) is 0 Å². The minimum Gasteiger partial charge on any atom is -0.300 e. The Bertz CT molecular complexity index is 946. The molecular formula is C15H15N5O3S. The zero-order valence-electron chi connectivity index (χ0n) is 13.3. The van der Waals surface area contributed by atoms with Crippen LogP contribution in [0.4, 0.5) is 10.8 Å². The number of carbonyl (C=O) groups is 1. The van der Waals surface area contributed by atoms with E-state index in [0.717, 1.165) is 15.8 Å². The Morgan fingerprint density at radius 2 is 2.17 bits per heavy atom. The monoisotopic (exact) mass is 345 g/mol. The van der Waals surface area contributed by atoms with Crippen LogP contribution in [0.2, 0.25) is 0 Å². The number of amides is 1. The molecule has 0 aliphatic heterocycles. The maximum Gasteiger partial charge on any atom is 0.309 e. The lowest BCUT2D eigenvalue weighted by Crippen LogP contribution is -2.24. The number of nitrogens with one attached hydrogen (secondary N) is 1. The summed E-state index contributed by atoms with van der Waals surface area (Å²) < 4.78 is 2.28. The number of hydrogen-bond acceptors (Lipinski definition) is 6. The van der Waals surface area contributed by atoms with Crippen LogP contribution in [-0.2, 0) is 4.79 Å². The normalized spacial score (nSPS) is 12.3. The van der Waals surface area contributed by atoms with Gasteiger partial charge >= 0.3 is 5.69 Å². The molecule has 3 rings (SSSR count). The SMILES string of the molecule is Cc1ccc2nc(NC(=O)C(C)n3cc([N+](=O)[O-])c(C)n3)sc2c1. The summed E-state index contributed by atoms with van der Waals surface area (Å²) >= 11 is 1.38. The number of hydrogen-bond donors (Lipinski definition) is 1. The molecule has 2 heterocycles. The van der Waals surface area contributed by atoms with Gasteiger partial charge in [-0.05, 0) is 38.5 Å². The van der Waals surface area contributed by atoms with Crippen molar-refractivity contribution in [2.45, 2.75) is 26.8 Å². The molecule has 124 valence electrons. The molecule has 0 fully saturated rings. The van der Waals surface area contributed by atoms with Gasteiger partial charge in [0, 0.05) is 0 Å². The van der Waals surface area contributed by atoms with Crippen molar-refractivity contribution in [3.63, 3.8) is 0 Å². The molecule has 2 aromatic heterocycles. The van der Waals surface area contributed by atoms with Crippen LogP contribution in [-0.4, -0.2) is 25.6 Å². The summed E-state index contributed by atoms with van der Waals surface area (Å²) in [4.78, 5) is 27.1. The second kappa shape index (κ2) is 6.00. The molecule has 1 aromatic carbocycles. The van der Waals surface area contributed by atoms with Crippen LogP contribution in [0.15, 0.2) is 24.4 Å². The largest absolute Gasteiger partial charge is 0.309 e. The number of thiazole rings is 1. The number of rotatable bonds is 4. The van der Waals surface area contributed by atoms with E-state index in [-0.39, 0.29) is 17.3 Å². The Labute approximate surface area is 141 Å². The zero-order valence-corrected chi connectivity index (χ0v) is 14.1. The first-order valence-corrected chi connectivity index (χ1v) is 8.05. The van der Waals surface area contributed by atoms with Crippen LogP contribution >= 0.6 is 11.3 Å². The van der Waals surface area contributed by atoms with Crippen LogP contribution in [0.1, 0.15) is 24.2 Å². The van der Waals surface area contributed by atoms with Crippen molar-refractivity contribution in [2.24, 2.45) is 0 Å². The number of anilines is 1. The predicted molar refractivity (Wildman–Crippen MR) is 91.3 cm³/mol. The fourth-order valence-electron chi connectivity index (χ4n) is 2.26. The van der Waals surface area contributed by atoms with E-state index < -0.39 is 11.0 Å². The smallest absolute Gasteiger partial charge is 0.300 e. The first kappa shape index (κ1) is 16.1. The molecule has 1 unspecified atom stereocenters. The van der Waals surface area contributed by atoms with Gasteiger partial charge in [0.2, 0.25) is 0 Å². The lowest BCUT2D eigenvalue weighted by molar-refractivity contribution is -0.385. The molecule has 0 saturated heterocycles. The summed E-state index contributed by atoms with van der Waals surface area (Å²) in [6.07, 6.45) is 1.27. The molecule has 0 aliphatic carbocycles. The van der Waals surface area contributed by atoms with Crippen molar-refractivity contribution in [3.8, 4) is 0 Å². The van der Waals surface area contributed by atoms with Gasteiger partial charge < -0.3 is 5.32 Å². The Morgan fingerprint density at radius 3 is 2.83 bits per heavy atom. The summed E-state index contributed by atoms with van der Waals surface area (Å²) in [6, 6.07) is 5.18. The molecule has 0 aliphatic rings. The summed E-state index contributed by atoms with van der Waals surface area (Å²) in [7, 11) is 0. The molecule has 1 amide bonds. The Hall–Kier alpha value is -2.81. The lowest BCUT2D eigenvalue weighted by Gasteiger charge is -2.10. The van der Waals surface area contributed by atoms with Gasteiger partial charge in [-0.15, -0.1) is 0 Å². The summed E-state index contributed by atoms with van der Waals surface area (Å²) in [6.45, 7) is 5.16. The second-order valence-electron chi connectivity index (χ2n) is 5.49. The predicted octanol–water partition coefficient (Wildman–Crippen LogP) is 3.22. The maximum absolute atomic E-state index is 12.4. The third-order valence-electron chi connectivity index (χ3n) is 3.64. The molecular weight excluding hydrogens is 330 g/mol. The number of fused-ring (bicyclic) bond motifs is 1. The maximum atomic E-state index is 12.4. The van der Waals surface area contributed by atoms with Crippen molar-refractivity contribution in [1.82, 2.24) is 14.8 Å². The highest BCUT2D eigenvalue weighted by Crippen LogP contribution is 2.27. The average Bonchev–Trinajstić information content (AvgIpc) is 3.08. The van der Waals surface area contributed by atoms with Gasteiger partial charge in [0.1, 0.15) is 17.9 Å². The zero-order chi connectivity index (χ0) is 17.4. The number of aromatic nitrogens is 3. The second-order valence-corrected chi connectivity index (χ2v) is 6.52. The highest BCUT2D eigenvalue weighted by molar-refractivity contribution is 7.22. The number of carbonyl (C=O) groups excluding carboxylic acids is 1. The van der Waals surface area contributed by atoms with Crippen molar-refractivity contribution in [1.29, 1.82) is 0 Å². The number of benzene rings is 1. The summed E-state index contributed by atoms with van der Waals surface area (Å²) in [5.41, 5.74) is 2.11. The molecule has 0 bridgehead atoms. The van der Waals surface area contributed by atoms with Crippen molar-refractivity contribution in [2.75, 3.05) is 5.32 Å². The Balaban J connectivity index is 1.80. The highest BCUT2D eigenvalue weighted by Gasteiger charge is 2.22. The van der Waals surface area contributed by atoms with E-state index in [0.29, 0.717) is 5.13 Å². The van der Waals surface area contributed by atoms with Crippen LogP contribution in [0.3, 0.4) is 0 Å². The van der Waals surface area contributed by atoms with Gasteiger partial charge in [-0.1, -0.05) is 17.4 Å². The van der Waals surface area contributed by atoms with Gasteiger partial charge in [0.15, 0.2) is 5.13 Å². The van der Waals surface area contributed by atoms with Gasteiger partial charge in [0.05, 0.1) is 15.1 Å². The Morgan fingerprint density at radius 1 is 1.42 bits per heavy atom. The molecule has 8 nitrogen and oxygen atoms in total. The van der Waals surface area contributed by atoms with Crippen LogP contribution in [0.25, 0.3) is 10.2 Å². The average molecular weight is 345 g/mol. The van der Waals surface area contributed by atoms with Crippen molar-refractivity contribution < 1.29 is 9.72 Å². The molecule has 1 N–H and O–H groups in total. The van der Waals surface area contributed by atoms with Gasteiger partial charge in [-0.25, -0.2) is 4.98 Å². The van der Waals surface area contributed by atoms with E-state index in [1.54, 1.807) is 6.92 Å². The summed E-state index contributed by atoms with van der Waals surface area (Å²) in [5.74, 6) is -0.330. The third kappa shape index (κ3) is 2.98. The molecule has 3 aromatic rings. The number of nitro groups is 1. The molecule has 9 heteroatoms. The minimum absolute atomic E-state index is 0.106. The fourth-order valence-corrected chi connectivity index (χ4v) is 3.23. The van der Waals surface area contributed by atoms with Crippen molar-refractivity contribution in [3.05, 3.63) is 45.8 Å². The molecule has 0 spiro atoms. The molecule has 0 radical (unpaired) electrons. The lowest BCUT2D eigenvalue weighted by atomic mass is 10.2. The number of aryl methyl sites for hydroxylation is 2. The first-order chi connectivity index (χ1) is 11.3. The topological polar surface area (TPSA) is 103 Å². The molecule has 0 saturated carbocycles. The minimum atomic E-state index is -0.689. The molecule has 1 atom stereocenters. The van der Waals surface area contributed by atoms with Gasteiger partial charge in [-0.3, -0.25) is 19.6 Å². The van der Waals surface area contributed by atoms with Crippen molar-refractivity contribution >= 4 is 38.3 Å². The Kier molecular flexibility index (Phi) is 4.02. The summed E-state index contributed by atoms with van der Waals surface area (Å²) in [5, 5.41) is 18.2. The number of nitrogens with zero attached hydrogens (tertiary/aromatic N) is 4. The van der Waals surface area contributed by atoms with E-state index in [9.17, 15) is 14.9 Å². The van der Waals surface area contributed by atoms with Gasteiger partial charge in [0.25, 0.3) is 5.91 Å². The standard InChI is InChI=1S/C15H15N5O3S/c1-8-4-5-11-13(6-8)24-15(16-11)17-14(21)10(3)19-7-12(20(22)23)9(2)18-19/h4-7,10H,1-3H3,(H,16,17,21). The van der Waals surface area contributed by atoms with Crippen LogP contribution < -0.4 is 5.32 Å².